The number of rotatable bonds is 4. The Morgan fingerprint density at radius 2 is 1.88 bits per heavy atom. The van der Waals surface area contributed by atoms with Crippen LogP contribution in [0.1, 0.15) is 0 Å². The Balaban J connectivity index is 2.96. The standard InChI is InChI=1S/C10H11ClN2O3/c11-7-1-3-8(4-2-7)13(6-10(15)16)9(14)5-12/h1-4H,5-6,12H2,(H,15,16). The molecule has 3 N–H and O–H groups in total. The molecule has 5 nitrogen and oxygen atoms in total. The summed E-state index contributed by atoms with van der Waals surface area (Å²) in [4.78, 5) is 23.1. The lowest BCUT2D eigenvalue weighted by atomic mass is 10.2. The van der Waals surface area contributed by atoms with Crippen LogP contribution in [0.2, 0.25) is 5.02 Å². The fraction of sp³-hybridized carbons (Fsp3) is 0.200. The molecule has 0 heterocycles. The van der Waals surface area contributed by atoms with E-state index in [1.165, 1.54) is 0 Å². The minimum atomic E-state index is -1.10. The highest BCUT2D eigenvalue weighted by atomic mass is 35.5. The number of amides is 1. The number of halogens is 1. The highest BCUT2D eigenvalue weighted by Gasteiger charge is 2.16. The maximum Gasteiger partial charge on any atom is 0.323 e. The van der Waals surface area contributed by atoms with Gasteiger partial charge < -0.3 is 15.7 Å². The van der Waals surface area contributed by atoms with Crippen LogP contribution < -0.4 is 10.6 Å². The van der Waals surface area contributed by atoms with E-state index in [0.717, 1.165) is 4.90 Å². The van der Waals surface area contributed by atoms with Crippen molar-refractivity contribution in [1.82, 2.24) is 0 Å². The van der Waals surface area contributed by atoms with E-state index < -0.39 is 18.4 Å². The molecule has 0 atom stereocenters. The number of hydrogen-bond donors (Lipinski definition) is 2. The van der Waals surface area contributed by atoms with Gasteiger partial charge in [-0.3, -0.25) is 9.59 Å². The van der Waals surface area contributed by atoms with Crippen molar-refractivity contribution < 1.29 is 14.7 Å². The summed E-state index contributed by atoms with van der Waals surface area (Å²) in [7, 11) is 0. The lowest BCUT2D eigenvalue weighted by molar-refractivity contribution is -0.136. The predicted octanol–water partition coefficient (Wildman–Crippen LogP) is 0.716. The molecule has 1 aromatic carbocycles. The van der Waals surface area contributed by atoms with Crippen molar-refractivity contribution in [3.8, 4) is 0 Å². The van der Waals surface area contributed by atoms with Crippen LogP contribution in [0, 0.1) is 0 Å². The average Bonchev–Trinajstić information content (AvgIpc) is 2.26. The molecular formula is C10H11ClN2O3. The Bertz CT molecular complexity index is 392. The Morgan fingerprint density at radius 1 is 1.31 bits per heavy atom. The number of benzene rings is 1. The first kappa shape index (κ1) is 12.5. The van der Waals surface area contributed by atoms with Crippen LogP contribution in [0.25, 0.3) is 0 Å². The Kier molecular flexibility index (Phi) is 4.28. The van der Waals surface area contributed by atoms with E-state index in [1.807, 2.05) is 0 Å². The molecule has 0 unspecified atom stereocenters. The summed E-state index contributed by atoms with van der Waals surface area (Å²) >= 11 is 5.69. The number of nitrogens with two attached hydrogens (primary N) is 1. The van der Waals surface area contributed by atoms with Crippen LogP contribution in [0.4, 0.5) is 5.69 Å². The summed E-state index contributed by atoms with van der Waals surface area (Å²) < 4.78 is 0. The van der Waals surface area contributed by atoms with Crippen LogP contribution in [-0.4, -0.2) is 30.1 Å². The number of nitrogens with zero attached hydrogens (tertiary/aromatic N) is 1. The maximum atomic E-state index is 11.4. The Morgan fingerprint density at radius 3 is 2.31 bits per heavy atom. The first-order chi connectivity index (χ1) is 7.54. The van der Waals surface area contributed by atoms with Crippen LogP contribution in [0.5, 0.6) is 0 Å². The van der Waals surface area contributed by atoms with Crippen LogP contribution in [-0.2, 0) is 9.59 Å². The number of carboxylic acid groups (broad SMARTS) is 1. The average molecular weight is 243 g/mol. The van der Waals surface area contributed by atoms with Gasteiger partial charge in [0.05, 0.1) is 6.54 Å². The zero-order chi connectivity index (χ0) is 12.1. The van der Waals surface area contributed by atoms with Gasteiger partial charge in [-0.15, -0.1) is 0 Å². The molecular weight excluding hydrogens is 232 g/mol. The molecule has 0 saturated heterocycles. The monoisotopic (exact) mass is 242 g/mol. The van der Waals surface area contributed by atoms with Crippen LogP contribution in [0.3, 0.4) is 0 Å². The normalized spacial score (nSPS) is 9.88. The minimum absolute atomic E-state index is 0.240. The summed E-state index contributed by atoms with van der Waals surface area (Å²) in [5, 5.41) is 9.20. The van der Waals surface area contributed by atoms with Crippen molar-refractivity contribution in [2.75, 3.05) is 18.0 Å². The fourth-order valence-electron chi connectivity index (χ4n) is 1.19. The molecule has 0 aliphatic rings. The molecule has 1 amide bonds. The maximum absolute atomic E-state index is 11.4. The quantitative estimate of drug-likeness (QED) is 0.815. The third-order valence-electron chi connectivity index (χ3n) is 1.91. The van der Waals surface area contributed by atoms with Crippen LogP contribution >= 0.6 is 11.6 Å². The van der Waals surface area contributed by atoms with Crippen molar-refractivity contribution in [2.24, 2.45) is 5.73 Å². The summed E-state index contributed by atoms with van der Waals surface area (Å²) in [6, 6.07) is 6.29. The predicted molar refractivity (Wildman–Crippen MR) is 60.5 cm³/mol. The Hall–Kier alpha value is -1.59. The second kappa shape index (κ2) is 5.48. The smallest absolute Gasteiger partial charge is 0.323 e. The molecule has 0 aromatic heterocycles. The molecule has 16 heavy (non-hydrogen) atoms. The summed E-state index contributed by atoms with van der Waals surface area (Å²) in [6.07, 6.45) is 0. The van der Waals surface area contributed by atoms with Gasteiger partial charge in [0.15, 0.2) is 0 Å². The molecule has 0 fully saturated rings. The number of anilines is 1. The van der Waals surface area contributed by atoms with Crippen molar-refractivity contribution >= 4 is 29.2 Å². The fourth-order valence-corrected chi connectivity index (χ4v) is 1.32. The number of hydrogen-bond acceptors (Lipinski definition) is 3. The third kappa shape index (κ3) is 3.22. The van der Waals surface area contributed by atoms with Crippen molar-refractivity contribution in [3.05, 3.63) is 29.3 Å². The van der Waals surface area contributed by atoms with Crippen molar-refractivity contribution in [2.45, 2.75) is 0 Å². The first-order valence-corrected chi connectivity index (χ1v) is 4.90. The molecule has 0 aliphatic heterocycles. The highest BCUT2D eigenvalue weighted by Crippen LogP contribution is 2.17. The van der Waals surface area contributed by atoms with Gasteiger partial charge in [0.25, 0.3) is 0 Å². The molecule has 6 heteroatoms. The largest absolute Gasteiger partial charge is 0.480 e. The summed E-state index contributed by atoms with van der Waals surface area (Å²) in [6.45, 7) is -0.659. The van der Waals surface area contributed by atoms with Crippen LogP contribution in [0.15, 0.2) is 24.3 Å². The summed E-state index contributed by atoms with van der Waals surface area (Å²) in [5.41, 5.74) is 5.67. The molecule has 0 spiro atoms. The number of carbonyl (C=O) groups is 2. The van der Waals surface area contributed by atoms with Gasteiger partial charge in [0.1, 0.15) is 6.54 Å². The number of aliphatic carboxylic acids is 1. The minimum Gasteiger partial charge on any atom is -0.480 e. The lowest BCUT2D eigenvalue weighted by Gasteiger charge is -2.19. The van der Waals surface area contributed by atoms with Crippen molar-refractivity contribution in [3.63, 3.8) is 0 Å². The van der Waals surface area contributed by atoms with E-state index in [1.54, 1.807) is 24.3 Å². The van der Waals surface area contributed by atoms with E-state index in [9.17, 15) is 9.59 Å². The first-order valence-electron chi connectivity index (χ1n) is 4.52. The highest BCUT2D eigenvalue weighted by molar-refractivity contribution is 6.30. The zero-order valence-electron chi connectivity index (χ0n) is 8.39. The van der Waals surface area contributed by atoms with Gasteiger partial charge in [0, 0.05) is 10.7 Å². The van der Waals surface area contributed by atoms with E-state index in [4.69, 9.17) is 22.4 Å². The van der Waals surface area contributed by atoms with Gasteiger partial charge >= 0.3 is 5.97 Å². The van der Waals surface area contributed by atoms with Gasteiger partial charge in [0.2, 0.25) is 5.91 Å². The van der Waals surface area contributed by atoms with E-state index >= 15 is 0 Å². The molecule has 86 valence electrons. The van der Waals surface area contributed by atoms with E-state index in [0.29, 0.717) is 10.7 Å². The van der Waals surface area contributed by atoms with Gasteiger partial charge in [-0.2, -0.15) is 0 Å². The topological polar surface area (TPSA) is 83.6 Å². The number of carboxylic acids is 1. The molecule has 1 rings (SSSR count). The second-order valence-corrected chi connectivity index (χ2v) is 3.49. The Labute approximate surface area is 97.4 Å². The molecule has 0 aliphatic carbocycles. The molecule has 0 bridgehead atoms. The van der Waals surface area contributed by atoms with Gasteiger partial charge in [-0.05, 0) is 24.3 Å². The summed E-state index contributed by atoms with van der Waals surface area (Å²) in [5.74, 6) is -1.55. The van der Waals surface area contributed by atoms with E-state index in [2.05, 4.69) is 0 Å². The SMILES string of the molecule is NCC(=O)N(CC(=O)O)c1ccc(Cl)cc1. The van der Waals surface area contributed by atoms with Gasteiger partial charge in [-0.25, -0.2) is 0 Å². The second-order valence-electron chi connectivity index (χ2n) is 3.05. The third-order valence-corrected chi connectivity index (χ3v) is 2.16. The van der Waals surface area contributed by atoms with Gasteiger partial charge in [-0.1, -0.05) is 11.6 Å². The lowest BCUT2D eigenvalue weighted by Crippen LogP contribution is -2.39. The molecule has 1 aromatic rings. The molecule has 0 radical (unpaired) electrons. The van der Waals surface area contributed by atoms with E-state index in [-0.39, 0.29) is 6.54 Å². The zero-order valence-corrected chi connectivity index (χ0v) is 9.15. The number of carbonyl (C=O) groups excluding carboxylic acids is 1. The van der Waals surface area contributed by atoms with Crippen molar-refractivity contribution in [1.29, 1.82) is 0 Å². The molecule has 0 saturated carbocycles.